The van der Waals surface area contributed by atoms with Crippen molar-refractivity contribution in [2.75, 3.05) is 26.5 Å². The van der Waals surface area contributed by atoms with Crippen LogP contribution in [0.4, 0.5) is 0 Å². The molecule has 198 valence electrons. The van der Waals surface area contributed by atoms with Gasteiger partial charge in [0.15, 0.2) is 0 Å². The van der Waals surface area contributed by atoms with E-state index in [9.17, 15) is 19.5 Å². The van der Waals surface area contributed by atoms with Gasteiger partial charge in [-0.3, -0.25) is 9.59 Å². The molecular weight excluding hydrogens is 496 g/mol. The molecule has 1 heterocycles. The minimum atomic E-state index is -1.12. The number of methoxy groups -OCH3 is 1. The molecule has 11 heteroatoms. The Balaban J connectivity index is 2.02. The number of aryl methyl sites for hydroxylation is 3. The van der Waals surface area contributed by atoms with Crippen molar-refractivity contribution in [1.82, 2.24) is 20.6 Å². The Kier molecular flexibility index (Phi) is 11.6. The molecule has 0 aliphatic carbocycles. The number of aromatic hydroxyl groups is 1. The first kappa shape index (κ1) is 29.4. The largest absolute Gasteiger partial charge is 0.508 e. The van der Waals surface area contributed by atoms with Crippen LogP contribution >= 0.6 is 11.8 Å². The van der Waals surface area contributed by atoms with Gasteiger partial charge < -0.3 is 25.2 Å². The molecule has 37 heavy (non-hydrogen) atoms. The van der Waals surface area contributed by atoms with Crippen molar-refractivity contribution in [1.29, 1.82) is 0 Å². The van der Waals surface area contributed by atoms with Crippen LogP contribution in [-0.4, -0.2) is 65.4 Å². The highest BCUT2D eigenvalue weighted by Gasteiger charge is 2.26. The molecule has 0 bridgehead atoms. The van der Waals surface area contributed by atoms with Gasteiger partial charge in [-0.15, -0.1) is 11.8 Å². The maximum absolute atomic E-state index is 13.0. The number of nitrogens with one attached hydrogen (secondary N) is 2. The van der Waals surface area contributed by atoms with E-state index < -0.39 is 23.8 Å². The van der Waals surface area contributed by atoms with Crippen LogP contribution in [0.25, 0.3) is 0 Å². The summed E-state index contributed by atoms with van der Waals surface area (Å²) in [6, 6.07) is 6.03. The highest BCUT2D eigenvalue weighted by atomic mass is 32.2. The van der Waals surface area contributed by atoms with Gasteiger partial charge >= 0.3 is 12.0 Å². The molecule has 0 aliphatic heterocycles. The summed E-state index contributed by atoms with van der Waals surface area (Å²) in [4.78, 5) is 46.6. The number of carbonyl (C=O) groups excluding carboxylic acids is 3. The topological polar surface area (TPSA) is 140 Å². The van der Waals surface area contributed by atoms with Gasteiger partial charge in [-0.25, -0.2) is 4.79 Å². The number of esters is 1. The number of phenolic OH excluding ortho intramolecular Hbond substituents is 1. The average molecular weight is 529 g/mol. The van der Waals surface area contributed by atoms with E-state index in [1.807, 2.05) is 6.07 Å². The number of hydrogen-bond donors (Lipinski definition) is 3. The highest BCUT2D eigenvalue weighted by molar-refractivity contribution is 8.03. The molecule has 0 radical (unpaired) electrons. The molecule has 1 atom stereocenters. The average Bonchev–Trinajstić information content (AvgIpc) is 2.86. The maximum Gasteiger partial charge on any atom is 0.330 e. The maximum atomic E-state index is 13.0. The second-order valence-electron chi connectivity index (χ2n) is 7.90. The fraction of sp³-hybridized carbons (Fsp3) is 0.346. The van der Waals surface area contributed by atoms with Crippen LogP contribution in [0, 0.1) is 13.8 Å². The number of aromatic nitrogens is 2. The zero-order valence-corrected chi connectivity index (χ0v) is 22.2. The van der Waals surface area contributed by atoms with E-state index in [-0.39, 0.29) is 23.9 Å². The lowest BCUT2D eigenvalue weighted by molar-refractivity contribution is -0.142. The zero-order valence-electron chi connectivity index (χ0n) is 21.4. The standard InChI is InChI=1S/C26H32N4O6S/c1-6-9-21(37-5)23(32)27-15-20(25(34)35-4)30-24(33)22-16(2)28-26(29-17(22)3)36-13-8-11-18-10-7-12-19(31)14-18/h6-7,9-10,12,14,20,31H,1,8,11,13,15H2,2-5H3,(H,27,32)(H,30,33)/b21-9-. The number of thioether (sulfide) groups is 1. The van der Waals surface area contributed by atoms with Crippen molar-refractivity contribution in [2.24, 2.45) is 0 Å². The summed E-state index contributed by atoms with van der Waals surface area (Å²) in [6.07, 6.45) is 6.16. The SMILES string of the molecule is C=C/C=C(\SC)C(=O)NCC(NC(=O)c1c(C)nc(OCCCc2cccc(O)c2)nc1C)C(=O)OC. The molecule has 2 aromatic rings. The molecule has 0 spiro atoms. The fourth-order valence-corrected chi connectivity index (χ4v) is 3.91. The molecule has 2 amide bonds. The number of rotatable bonds is 13. The van der Waals surface area contributed by atoms with Gasteiger partial charge in [-0.2, -0.15) is 9.97 Å². The van der Waals surface area contributed by atoms with Crippen LogP contribution in [0.15, 0.2) is 47.9 Å². The van der Waals surface area contributed by atoms with Gasteiger partial charge in [-0.05, 0) is 56.7 Å². The normalized spacial score (nSPS) is 11.8. The number of ether oxygens (including phenoxy) is 2. The second-order valence-corrected chi connectivity index (χ2v) is 8.75. The number of nitrogens with zero attached hydrogens (tertiary/aromatic N) is 2. The van der Waals surface area contributed by atoms with Crippen LogP contribution < -0.4 is 15.4 Å². The Morgan fingerprint density at radius 2 is 1.92 bits per heavy atom. The summed E-state index contributed by atoms with van der Waals surface area (Å²) in [5, 5.41) is 14.8. The second kappa shape index (κ2) is 14.6. The van der Waals surface area contributed by atoms with E-state index in [1.165, 1.54) is 24.9 Å². The van der Waals surface area contributed by atoms with Gasteiger partial charge in [0, 0.05) is 6.54 Å². The third-order valence-corrected chi connectivity index (χ3v) is 5.96. The first-order valence-electron chi connectivity index (χ1n) is 11.5. The predicted octanol–water partition coefficient (Wildman–Crippen LogP) is 2.63. The molecular formula is C26H32N4O6S. The van der Waals surface area contributed by atoms with Crippen molar-refractivity contribution >= 4 is 29.5 Å². The molecule has 0 saturated heterocycles. The van der Waals surface area contributed by atoms with Gasteiger partial charge in [0.1, 0.15) is 11.8 Å². The smallest absolute Gasteiger partial charge is 0.330 e. The lowest BCUT2D eigenvalue weighted by atomic mass is 10.1. The van der Waals surface area contributed by atoms with Gasteiger partial charge in [-0.1, -0.05) is 24.8 Å². The number of amides is 2. The van der Waals surface area contributed by atoms with Crippen molar-refractivity contribution < 1.29 is 29.0 Å². The first-order valence-corrected chi connectivity index (χ1v) is 12.7. The lowest BCUT2D eigenvalue weighted by Crippen LogP contribution is -2.49. The number of allylic oxidation sites excluding steroid dienone is 2. The minimum absolute atomic E-state index is 0.137. The van der Waals surface area contributed by atoms with Crippen LogP contribution in [0.2, 0.25) is 0 Å². The van der Waals surface area contributed by atoms with Crippen LogP contribution in [0.3, 0.4) is 0 Å². The first-order chi connectivity index (χ1) is 17.7. The van der Waals surface area contributed by atoms with E-state index in [0.29, 0.717) is 35.7 Å². The Morgan fingerprint density at radius 3 is 2.51 bits per heavy atom. The van der Waals surface area contributed by atoms with E-state index in [4.69, 9.17) is 9.47 Å². The molecule has 1 aromatic heterocycles. The Bertz CT molecular complexity index is 1140. The van der Waals surface area contributed by atoms with E-state index in [2.05, 4.69) is 27.2 Å². The quantitative estimate of drug-likeness (QED) is 0.155. The van der Waals surface area contributed by atoms with Crippen molar-refractivity contribution in [3.8, 4) is 11.8 Å². The number of carbonyl (C=O) groups is 3. The zero-order chi connectivity index (χ0) is 27.4. The van der Waals surface area contributed by atoms with Crippen molar-refractivity contribution in [2.45, 2.75) is 32.7 Å². The van der Waals surface area contributed by atoms with Crippen LogP contribution in [-0.2, 0) is 20.7 Å². The molecule has 3 N–H and O–H groups in total. The number of benzene rings is 1. The predicted molar refractivity (Wildman–Crippen MR) is 142 cm³/mol. The summed E-state index contributed by atoms with van der Waals surface area (Å²) < 4.78 is 10.4. The minimum Gasteiger partial charge on any atom is -0.508 e. The molecule has 0 saturated carbocycles. The highest BCUT2D eigenvalue weighted by Crippen LogP contribution is 2.16. The van der Waals surface area contributed by atoms with Crippen LogP contribution in [0.1, 0.15) is 33.7 Å². The number of phenols is 1. The van der Waals surface area contributed by atoms with E-state index >= 15 is 0 Å². The number of hydrogen-bond acceptors (Lipinski definition) is 9. The Morgan fingerprint density at radius 1 is 1.22 bits per heavy atom. The van der Waals surface area contributed by atoms with Gasteiger partial charge in [0.2, 0.25) is 0 Å². The third-order valence-electron chi connectivity index (χ3n) is 5.20. The summed E-state index contributed by atoms with van der Waals surface area (Å²) in [5.74, 6) is -1.48. The summed E-state index contributed by atoms with van der Waals surface area (Å²) >= 11 is 1.23. The molecule has 0 fully saturated rings. The molecule has 1 unspecified atom stereocenters. The molecule has 0 aliphatic rings. The van der Waals surface area contributed by atoms with E-state index in [1.54, 1.807) is 44.4 Å². The van der Waals surface area contributed by atoms with Crippen molar-refractivity contribution in [3.63, 3.8) is 0 Å². The van der Waals surface area contributed by atoms with Crippen LogP contribution in [0.5, 0.6) is 11.8 Å². The van der Waals surface area contributed by atoms with Crippen molar-refractivity contribution in [3.05, 3.63) is 70.4 Å². The summed E-state index contributed by atoms with van der Waals surface area (Å²) in [7, 11) is 1.19. The lowest BCUT2D eigenvalue weighted by Gasteiger charge is -2.19. The molecule has 2 rings (SSSR count). The molecule has 10 nitrogen and oxygen atoms in total. The molecule has 1 aromatic carbocycles. The van der Waals surface area contributed by atoms with Gasteiger partial charge in [0.05, 0.1) is 35.6 Å². The fourth-order valence-electron chi connectivity index (χ4n) is 3.42. The monoisotopic (exact) mass is 528 g/mol. The Hall–Kier alpha value is -3.86. The van der Waals surface area contributed by atoms with Gasteiger partial charge in [0.25, 0.3) is 11.8 Å². The Labute approximate surface area is 220 Å². The van der Waals surface area contributed by atoms with E-state index in [0.717, 1.165) is 5.56 Å². The summed E-state index contributed by atoms with van der Waals surface area (Å²) in [5.41, 5.74) is 1.93. The summed E-state index contributed by atoms with van der Waals surface area (Å²) in [6.45, 7) is 7.03. The third kappa shape index (κ3) is 8.94.